The molecular weight excluding hydrogens is 498 g/mol. The molecule has 2 saturated carbocycles. The van der Waals surface area contributed by atoms with Gasteiger partial charge in [0, 0.05) is 17.6 Å². The Kier molecular flexibility index (Phi) is 7.91. The summed E-state index contributed by atoms with van der Waals surface area (Å²) < 4.78 is 57.9. The van der Waals surface area contributed by atoms with Crippen molar-refractivity contribution in [2.24, 2.45) is 0 Å². The number of fused-ring (bicyclic) bond motifs is 1. The van der Waals surface area contributed by atoms with Crippen molar-refractivity contribution in [3.63, 3.8) is 0 Å². The van der Waals surface area contributed by atoms with E-state index in [0.717, 1.165) is 56.9 Å². The number of nitrogens with zero attached hydrogens (tertiary/aromatic N) is 3. The van der Waals surface area contributed by atoms with E-state index in [1.807, 2.05) is 28.8 Å². The van der Waals surface area contributed by atoms with Crippen molar-refractivity contribution in [2.45, 2.75) is 95.4 Å². The number of rotatable bonds is 8. The fraction of sp³-hybridized carbons (Fsp3) is 0.517. The highest BCUT2D eigenvalue weighted by atomic mass is 19.3. The van der Waals surface area contributed by atoms with E-state index in [9.17, 15) is 22.4 Å². The Morgan fingerprint density at radius 1 is 0.921 bits per heavy atom. The molecule has 2 aliphatic rings. The van der Waals surface area contributed by atoms with E-state index >= 15 is 0 Å². The fourth-order valence-electron chi connectivity index (χ4n) is 5.97. The maximum Gasteiger partial charge on any atom is 0.461 e. The molecule has 38 heavy (non-hydrogen) atoms. The zero-order valence-corrected chi connectivity index (χ0v) is 21.3. The Morgan fingerprint density at radius 2 is 1.50 bits per heavy atom. The standard InChI is InChI=1S/C29H33F4N3O2/c30-28(31)29(32,33)38-23-17-15-20(16-18-23)27-34-24-13-7-8-14-25(24)35(27)19-26(37)36(21-9-3-1-4-10-21)22-11-5-2-6-12-22/h7-8,13-18,21-22,28H,1-6,9-12,19H2. The zero-order chi connectivity index (χ0) is 26.7. The molecule has 0 bridgehead atoms. The highest BCUT2D eigenvalue weighted by molar-refractivity contribution is 5.85. The number of alkyl halides is 4. The quantitative estimate of drug-likeness (QED) is 0.284. The van der Waals surface area contributed by atoms with Crippen LogP contribution in [0.1, 0.15) is 64.2 Å². The van der Waals surface area contributed by atoms with Gasteiger partial charge in [-0.1, -0.05) is 50.7 Å². The number of carbonyl (C=O) groups is 1. The molecule has 2 fully saturated rings. The molecule has 204 valence electrons. The zero-order valence-electron chi connectivity index (χ0n) is 21.3. The first-order valence-corrected chi connectivity index (χ1v) is 13.6. The lowest BCUT2D eigenvalue weighted by Gasteiger charge is -2.42. The summed E-state index contributed by atoms with van der Waals surface area (Å²) in [6, 6.07) is 13.5. The summed E-state index contributed by atoms with van der Waals surface area (Å²) in [5, 5.41) is 0. The molecule has 2 aromatic carbocycles. The first kappa shape index (κ1) is 26.5. The van der Waals surface area contributed by atoms with Crippen molar-refractivity contribution >= 4 is 16.9 Å². The average molecular weight is 532 g/mol. The third-order valence-electron chi connectivity index (χ3n) is 7.79. The largest absolute Gasteiger partial charge is 0.461 e. The van der Waals surface area contributed by atoms with Gasteiger partial charge in [-0.15, -0.1) is 0 Å². The van der Waals surface area contributed by atoms with Gasteiger partial charge in [0.15, 0.2) is 0 Å². The van der Waals surface area contributed by atoms with Gasteiger partial charge in [-0.2, -0.15) is 17.6 Å². The van der Waals surface area contributed by atoms with Crippen LogP contribution in [-0.2, 0) is 11.3 Å². The minimum Gasteiger partial charge on any atom is -0.428 e. The highest BCUT2D eigenvalue weighted by Gasteiger charge is 2.44. The van der Waals surface area contributed by atoms with E-state index < -0.39 is 12.5 Å². The van der Waals surface area contributed by atoms with Gasteiger partial charge < -0.3 is 14.2 Å². The first-order chi connectivity index (χ1) is 18.3. The maximum atomic E-state index is 14.0. The average Bonchev–Trinajstić information content (AvgIpc) is 3.28. The Hall–Kier alpha value is -3.10. The summed E-state index contributed by atoms with van der Waals surface area (Å²) in [6.45, 7) is 0.116. The molecule has 5 rings (SSSR count). The van der Waals surface area contributed by atoms with Gasteiger partial charge >= 0.3 is 12.5 Å². The third-order valence-corrected chi connectivity index (χ3v) is 7.79. The number of carbonyl (C=O) groups excluding carboxylic acids is 1. The van der Waals surface area contributed by atoms with Crippen LogP contribution in [0.4, 0.5) is 17.6 Å². The molecule has 0 saturated heterocycles. The highest BCUT2D eigenvalue weighted by Crippen LogP contribution is 2.33. The summed E-state index contributed by atoms with van der Waals surface area (Å²) in [5.41, 5.74) is 2.08. The van der Waals surface area contributed by atoms with E-state index in [1.165, 1.54) is 37.1 Å². The van der Waals surface area contributed by atoms with Gasteiger partial charge in [-0.3, -0.25) is 4.79 Å². The van der Waals surface area contributed by atoms with Gasteiger partial charge in [0.25, 0.3) is 0 Å². The summed E-state index contributed by atoms with van der Waals surface area (Å²) in [4.78, 5) is 20.9. The van der Waals surface area contributed by atoms with Crippen LogP contribution in [0.15, 0.2) is 48.5 Å². The molecule has 0 N–H and O–H groups in total. The predicted octanol–water partition coefficient (Wildman–Crippen LogP) is 7.43. The van der Waals surface area contributed by atoms with Gasteiger partial charge in [0.2, 0.25) is 5.91 Å². The number of hydrogen-bond donors (Lipinski definition) is 0. The minimum absolute atomic E-state index is 0.0738. The topological polar surface area (TPSA) is 47.4 Å². The van der Waals surface area contributed by atoms with Crippen LogP contribution in [0.2, 0.25) is 0 Å². The van der Waals surface area contributed by atoms with Crippen molar-refractivity contribution in [2.75, 3.05) is 0 Å². The van der Waals surface area contributed by atoms with E-state index in [2.05, 4.69) is 9.64 Å². The first-order valence-electron chi connectivity index (χ1n) is 13.6. The lowest BCUT2D eigenvalue weighted by atomic mass is 9.88. The van der Waals surface area contributed by atoms with Crippen LogP contribution in [0.3, 0.4) is 0 Å². The number of ether oxygens (including phenoxy) is 1. The molecule has 9 heteroatoms. The molecule has 0 radical (unpaired) electrons. The summed E-state index contributed by atoms with van der Waals surface area (Å²) in [7, 11) is 0. The summed E-state index contributed by atoms with van der Waals surface area (Å²) in [5.74, 6) is 0.210. The van der Waals surface area contributed by atoms with Gasteiger partial charge in [0.1, 0.15) is 18.1 Å². The van der Waals surface area contributed by atoms with Crippen LogP contribution in [0, 0.1) is 0 Å². The Labute approximate surface area is 219 Å². The Morgan fingerprint density at radius 3 is 2.08 bits per heavy atom. The van der Waals surface area contributed by atoms with Crippen LogP contribution in [0.5, 0.6) is 5.75 Å². The molecule has 3 aromatic rings. The van der Waals surface area contributed by atoms with E-state index in [1.54, 1.807) is 0 Å². The molecule has 0 aliphatic heterocycles. The van der Waals surface area contributed by atoms with Crippen LogP contribution in [-0.4, -0.2) is 45.0 Å². The number of aromatic nitrogens is 2. The molecule has 0 spiro atoms. The van der Waals surface area contributed by atoms with Gasteiger partial charge in [-0.05, 0) is 62.1 Å². The molecule has 1 amide bonds. The van der Waals surface area contributed by atoms with Crippen molar-refractivity contribution in [3.8, 4) is 17.1 Å². The predicted molar refractivity (Wildman–Crippen MR) is 137 cm³/mol. The number of hydrogen-bond acceptors (Lipinski definition) is 3. The number of imidazole rings is 1. The lowest BCUT2D eigenvalue weighted by molar-refractivity contribution is -0.253. The van der Waals surface area contributed by atoms with Crippen LogP contribution in [0.25, 0.3) is 22.4 Å². The second-order valence-electron chi connectivity index (χ2n) is 10.4. The maximum absolute atomic E-state index is 14.0. The second kappa shape index (κ2) is 11.3. The van der Waals surface area contributed by atoms with Crippen molar-refractivity contribution < 1.29 is 27.1 Å². The molecule has 1 aromatic heterocycles. The molecule has 0 unspecified atom stereocenters. The summed E-state index contributed by atoms with van der Waals surface area (Å²) in [6.07, 6.45) is 2.59. The minimum atomic E-state index is -4.58. The number of halogens is 4. The monoisotopic (exact) mass is 531 g/mol. The fourth-order valence-corrected chi connectivity index (χ4v) is 5.97. The van der Waals surface area contributed by atoms with E-state index in [-0.39, 0.29) is 30.3 Å². The lowest BCUT2D eigenvalue weighted by Crippen LogP contribution is -2.50. The molecule has 2 aliphatic carbocycles. The Balaban J connectivity index is 1.45. The van der Waals surface area contributed by atoms with Gasteiger partial charge in [-0.25, -0.2) is 4.98 Å². The van der Waals surface area contributed by atoms with Gasteiger partial charge in [0.05, 0.1) is 11.0 Å². The number of para-hydroxylation sites is 2. The van der Waals surface area contributed by atoms with E-state index in [0.29, 0.717) is 16.9 Å². The normalized spacial score (nSPS) is 17.7. The van der Waals surface area contributed by atoms with Crippen LogP contribution >= 0.6 is 0 Å². The molecular formula is C29H33F4N3O2. The number of amides is 1. The van der Waals surface area contributed by atoms with Crippen molar-refractivity contribution in [1.82, 2.24) is 14.5 Å². The van der Waals surface area contributed by atoms with Crippen molar-refractivity contribution in [1.29, 1.82) is 0 Å². The molecule has 5 nitrogen and oxygen atoms in total. The number of benzene rings is 2. The smallest absolute Gasteiger partial charge is 0.428 e. The van der Waals surface area contributed by atoms with Crippen molar-refractivity contribution in [3.05, 3.63) is 48.5 Å². The third kappa shape index (κ3) is 5.66. The Bertz CT molecular complexity index is 1210. The summed E-state index contributed by atoms with van der Waals surface area (Å²) >= 11 is 0. The van der Waals surface area contributed by atoms with E-state index in [4.69, 9.17) is 4.98 Å². The van der Waals surface area contributed by atoms with Crippen LogP contribution < -0.4 is 4.74 Å². The molecule has 0 atom stereocenters. The SMILES string of the molecule is O=C(Cn1c(-c2ccc(OC(F)(F)C(F)F)cc2)nc2ccccc21)N(C1CCCCC1)C1CCCCC1. The second-order valence-corrected chi connectivity index (χ2v) is 10.4. The molecule has 1 heterocycles.